The van der Waals surface area contributed by atoms with Crippen molar-refractivity contribution in [2.24, 2.45) is 5.41 Å². The number of thiophene rings is 1. The first-order valence-electron chi connectivity index (χ1n) is 9.89. The number of fused-ring (bicyclic) bond motifs is 1. The lowest BCUT2D eigenvalue weighted by molar-refractivity contribution is -0.192. The predicted octanol–water partition coefficient (Wildman–Crippen LogP) is 2.78. The van der Waals surface area contributed by atoms with E-state index in [2.05, 4.69) is 23.3 Å². The second-order valence-electron chi connectivity index (χ2n) is 8.08. The van der Waals surface area contributed by atoms with Gasteiger partial charge in [-0.15, -0.1) is 11.3 Å². The van der Waals surface area contributed by atoms with Crippen LogP contribution in [0.2, 0.25) is 0 Å². The number of ether oxygens (including phenoxy) is 2. The normalized spacial score (nSPS) is 23.6. The van der Waals surface area contributed by atoms with Crippen molar-refractivity contribution in [3.8, 4) is 0 Å². The number of likely N-dealkylation sites (tertiary alicyclic amines) is 1. The van der Waals surface area contributed by atoms with Crippen molar-refractivity contribution in [2.45, 2.75) is 38.6 Å². The molecule has 0 bridgehead atoms. The zero-order chi connectivity index (χ0) is 23.2. The van der Waals surface area contributed by atoms with Gasteiger partial charge >= 0.3 is 12.1 Å². The van der Waals surface area contributed by atoms with Crippen molar-refractivity contribution in [1.82, 2.24) is 9.80 Å². The van der Waals surface area contributed by atoms with Crippen LogP contribution in [-0.4, -0.2) is 86.1 Å². The van der Waals surface area contributed by atoms with Gasteiger partial charge in [0.25, 0.3) is 0 Å². The number of likely N-dealkylation sites (N-methyl/N-ethyl adjacent to an activating group) is 1. The van der Waals surface area contributed by atoms with E-state index in [9.17, 15) is 18.0 Å². The van der Waals surface area contributed by atoms with Crippen molar-refractivity contribution >= 4 is 23.2 Å². The van der Waals surface area contributed by atoms with Crippen LogP contribution in [0.3, 0.4) is 0 Å². The number of carboxylic acid groups (broad SMARTS) is 1. The number of aliphatic carboxylic acids is 1. The second kappa shape index (κ2) is 10.8. The third kappa shape index (κ3) is 7.16. The Kier molecular flexibility index (Phi) is 8.87. The topological polar surface area (TPSA) is 79.3 Å². The minimum atomic E-state index is -5.08. The maximum Gasteiger partial charge on any atom is 0.490 e. The Morgan fingerprint density at radius 2 is 2.10 bits per heavy atom. The summed E-state index contributed by atoms with van der Waals surface area (Å²) in [5.74, 6) is -2.74. The number of piperidine rings is 1. The third-order valence-electron chi connectivity index (χ3n) is 5.54. The Morgan fingerprint density at radius 3 is 2.65 bits per heavy atom. The van der Waals surface area contributed by atoms with E-state index in [0.29, 0.717) is 6.61 Å². The second-order valence-corrected chi connectivity index (χ2v) is 9.08. The molecular formula is C20H29F3N2O5S. The zero-order valence-corrected chi connectivity index (χ0v) is 18.7. The molecule has 31 heavy (non-hydrogen) atoms. The van der Waals surface area contributed by atoms with Crippen LogP contribution in [-0.2, 0) is 25.6 Å². The number of hydrogen-bond acceptors (Lipinski definition) is 6. The number of alkyl halides is 3. The summed E-state index contributed by atoms with van der Waals surface area (Å²) < 4.78 is 43.5. The van der Waals surface area contributed by atoms with Crippen molar-refractivity contribution in [2.75, 3.05) is 47.0 Å². The van der Waals surface area contributed by atoms with E-state index in [1.807, 2.05) is 11.3 Å². The summed E-state index contributed by atoms with van der Waals surface area (Å²) in [5.41, 5.74) is 1.42. The summed E-state index contributed by atoms with van der Waals surface area (Å²) in [6.45, 7) is 6.83. The standard InChI is InChI=1S/C18H28N2O3S.C2HF3O2/c1-14-5-9-24-15(14)10-20-7-4-16-18(12-20,6-8-23-16)13-22-11-17(21)19(2)3;3-2(4,5)1(6)7/h5,9,16H,4,6-8,10-13H2,1-3H3;(H,6,7)/t16-,18+;/m1./s1. The molecule has 3 rings (SSSR count). The van der Waals surface area contributed by atoms with Crippen LogP contribution in [0.15, 0.2) is 11.4 Å². The van der Waals surface area contributed by atoms with E-state index in [1.54, 1.807) is 19.0 Å². The maximum absolute atomic E-state index is 11.7. The fourth-order valence-electron chi connectivity index (χ4n) is 3.72. The molecule has 0 aromatic carbocycles. The molecule has 2 fully saturated rings. The molecule has 2 atom stereocenters. The molecule has 0 radical (unpaired) electrons. The number of hydrogen-bond donors (Lipinski definition) is 1. The predicted molar refractivity (Wildman–Crippen MR) is 109 cm³/mol. The van der Waals surface area contributed by atoms with Gasteiger partial charge in [-0.1, -0.05) is 0 Å². The van der Waals surface area contributed by atoms with Crippen molar-refractivity contribution in [1.29, 1.82) is 0 Å². The van der Waals surface area contributed by atoms with Crippen molar-refractivity contribution in [3.05, 3.63) is 21.9 Å². The molecule has 1 aromatic rings. The monoisotopic (exact) mass is 466 g/mol. The molecule has 11 heteroatoms. The van der Waals surface area contributed by atoms with Crippen molar-refractivity contribution < 1.29 is 37.3 Å². The first-order valence-corrected chi connectivity index (χ1v) is 10.8. The average molecular weight is 467 g/mol. The third-order valence-corrected chi connectivity index (χ3v) is 6.55. The van der Waals surface area contributed by atoms with Gasteiger partial charge in [0.2, 0.25) is 5.91 Å². The molecule has 2 saturated heterocycles. The average Bonchev–Trinajstić information content (AvgIpc) is 3.27. The minimum absolute atomic E-state index is 0.0174. The Bertz CT molecular complexity index is 755. The summed E-state index contributed by atoms with van der Waals surface area (Å²) >= 11 is 1.84. The van der Waals surface area contributed by atoms with Gasteiger partial charge in [0.15, 0.2) is 0 Å². The number of carbonyl (C=O) groups excluding carboxylic acids is 1. The number of carboxylic acids is 1. The number of carbonyl (C=O) groups is 2. The lowest BCUT2D eigenvalue weighted by Crippen LogP contribution is -2.51. The molecular weight excluding hydrogens is 437 g/mol. The highest BCUT2D eigenvalue weighted by Crippen LogP contribution is 2.41. The minimum Gasteiger partial charge on any atom is -0.475 e. The van der Waals surface area contributed by atoms with Gasteiger partial charge in [0.1, 0.15) is 6.61 Å². The number of rotatable bonds is 6. The van der Waals surface area contributed by atoms with Crippen LogP contribution in [0.5, 0.6) is 0 Å². The van der Waals surface area contributed by atoms with Gasteiger partial charge in [-0.05, 0) is 36.8 Å². The first-order chi connectivity index (χ1) is 14.4. The lowest BCUT2D eigenvalue weighted by atomic mass is 9.77. The van der Waals surface area contributed by atoms with Crippen molar-refractivity contribution in [3.63, 3.8) is 0 Å². The van der Waals surface area contributed by atoms with E-state index in [-0.39, 0.29) is 24.0 Å². The van der Waals surface area contributed by atoms with E-state index in [4.69, 9.17) is 19.4 Å². The number of aryl methyl sites for hydroxylation is 1. The summed E-state index contributed by atoms with van der Waals surface area (Å²) in [4.78, 5) is 26.2. The molecule has 2 aliphatic rings. The molecule has 0 unspecified atom stereocenters. The van der Waals surface area contributed by atoms with Crippen LogP contribution >= 0.6 is 11.3 Å². The molecule has 0 spiro atoms. The quantitative estimate of drug-likeness (QED) is 0.695. The summed E-state index contributed by atoms with van der Waals surface area (Å²) in [7, 11) is 3.52. The van der Waals surface area contributed by atoms with E-state index in [1.165, 1.54) is 10.4 Å². The van der Waals surface area contributed by atoms with Gasteiger partial charge in [0, 0.05) is 50.6 Å². The fraction of sp³-hybridized carbons (Fsp3) is 0.700. The Hall–Kier alpha value is -1.69. The maximum atomic E-state index is 11.7. The molecule has 1 aromatic heterocycles. The molecule has 1 amide bonds. The number of amides is 1. The molecule has 7 nitrogen and oxygen atoms in total. The van der Waals surface area contributed by atoms with Gasteiger partial charge in [-0.2, -0.15) is 13.2 Å². The van der Waals surface area contributed by atoms with E-state index in [0.717, 1.165) is 39.1 Å². The van der Waals surface area contributed by atoms with Crippen LogP contribution in [0.25, 0.3) is 0 Å². The summed E-state index contributed by atoms with van der Waals surface area (Å²) in [6, 6.07) is 2.19. The molecule has 0 saturated carbocycles. The molecule has 3 heterocycles. The fourth-order valence-corrected chi connectivity index (χ4v) is 4.67. The van der Waals surface area contributed by atoms with E-state index >= 15 is 0 Å². The Labute approximate surface area is 183 Å². The van der Waals surface area contributed by atoms with Crippen LogP contribution < -0.4 is 0 Å². The van der Waals surface area contributed by atoms with E-state index < -0.39 is 12.1 Å². The highest BCUT2D eigenvalue weighted by atomic mass is 32.1. The van der Waals surface area contributed by atoms with Crippen LogP contribution in [0.1, 0.15) is 23.3 Å². The SMILES string of the molecule is Cc1ccsc1CN1CC[C@H]2OCC[C@@]2(COCC(=O)N(C)C)C1.O=C(O)C(F)(F)F. The largest absolute Gasteiger partial charge is 0.490 e. The number of halogens is 3. The van der Waals surface area contributed by atoms with Gasteiger partial charge in [-0.3, -0.25) is 9.69 Å². The lowest BCUT2D eigenvalue weighted by Gasteiger charge is -2.43. The van der Waals surface area contributed by atoms with Gasteiger partial charge in [-0.25, -0.2) is 4.79 Å². The smallest absolute Gasteiger partial charge is 0.475 e. The molecule has 1 N–H and O–H groups in total. The van der Waals surface area contributed by atoms with Crippen LogP contribution in [0, 0.1) is 12.3 Å². The highest BCUT2D eigenvalue weighted by Gasteiger charge is 2.48. The number of nitrogens with zero attached hydrogens (tertiary/aromatic N) is 2. The molecule has 176 valence electrons. The zero-order valence-electron chi connectivity index (χ0n) is 17.9. The Morgan fingerprint density at radius 1 is 1.42 bits per heavy atom. The van der Waals surface area contributed by atoms with Gasteiger partial charge < -0.3 is 19.5 Å². The first kappa shape index (κ1) is 25.6. The molecule has 2 aliphatic heterocycles. The summed E-state index contributed by atoms with van der Waals surface area (Å²) in [5, 5.41) is 9.29. The van der Waals surface area contributed by atoms with Gasteiger partial charge in [0.05, 0.1) is 12.7 Å². The summed E-state index contributed by atoms with van der Waals surface area (Å²) in [6.07, 6.45) is -2.74. The van der Waals surface area contributed by atoms with Crippen LogP contribution in [0.4, 0.5) is 13.2 Å². The Balaban J connectivity index is 0.000000423. The highest BCUT2D eigenvalue weighted by molar-refractivity contribution is 7.10. The molecule has 0 aliphatic carbocycles.